The number of aryl methyl sites for hydroxylation is 1. The number of H-pyrrole nitrogens is 1. The Morgan fingerprint density at radius 3 is 2.64 bits per heavy atom. The molecule has 4 heteroatoms. The fourth-order valence-corrected chi connectivity index (χ4v) is 3.83. The van der Waals surface area contributed by atoms with Gasteiger partial charge in [0.25, 0.3) is 5.56 Å². The molecule has 0 aliphatic carbocycles. The van der Waals surface area contributed by atoms with Crippen molar-refractivity contribution < 1.29 is 0 Å². The van der Waals surface area contributed by atoms with Gasteiger partial charge >= 0.3 is 0 Å². The molecule has 2 aromatic carbocycles. The average molecular weight is 365 g/mol. The van der Waals surface area contributed by atoms with Crippen molar-refractivity contribution in [2.75, 3.05) is 0 Å². The van der Waals surface area contributed by atoms with Gasteiger partial charge in [0.15, 0.2) is 0 Å². The van der Waals surface area contributed by atoms with Crippen LogP contribution in [0.4, 0.5) is 0 Å². The molecule has 0 atom stereocenters. The van der Waals surface area contributed by atoms with Crippen LogP contribution in [0.2, 0.25) is 0 Å². The van der Waals surface area contributed by atoms with Crippen LogP contribution >= 0.6 is 0 Å². The number of fused-ring (bicyclic) bond motifs is 2. The quantitative estimate of drug-likeness (QED) is 0.498. The second kappa shape index (κ2) is 6.82. The molecule has 0 saturated heterocycles. The molecule has 0 aliphatic heterocycles. The van der Waals surface area contributed by atoms with Gasteiger partial charge < -0.3 is 9.55 Å². The van der Waals surface area contributed by atoms with Gasteiger partial charge in [-0.25, -0.2) is 0 Å². The SMILES string of the molecule is O=c1c2cnccc2cc(-c2ccccc2)n1CCc1c[nH]c2ccccc12. The van der Waals surface area contributed by atoms with Gasteiger partial charge in [-0.2, -0.15) is 0 Å². The number of aromatic nitrogens is 3. The number of nitrogens with zero attached hydrogens (tertiary/aromatic N) is 2. The van der Waals surface area contributed by atoms with Gasteiger partial charge in [-0.3, -0.25) is 9.78 Å². The maximum absolute atomic E-state index is 13.3. The van der Waals surface area contributed by atoms with Crippen LogP contribution in [-0.4, -0.2) is 14.5 Å². The summed E-state index contributed by atoms with van der Waals surface area (Å²) in [5, 5.41) is 2.78. The van der Waals surface area contributed by atoms with Gasteiger partial charge in [0, 0.05) is 36.0 Å². The minimum Gasteiger partial charge on any atom is -0.361 e. The van der Waals surface area contributed by atoms with Gasteiger partial charge in [0.1, 0.15) is 0 Å². The van der Waals surface area contributed by atoms with Crippen molar-refractivity contribution in [2.45, 2.75) is 13.0 Å². The first-order chi connectivity index (χ1) is 13.8. The van der Waals surface area contributed by atoms with Crippen LogP contribution in [0.1, 0.15) is 5.56 Å². The fourth-order valence-electron chi connectivity index (χ4n) is 3.83. The number of nitrogens with one attached hydrogen (secondary N) is 1. The lowest BCUT2D eigenvalue weighted by Gasteiger charge is -2.14. The Bertz CT molecular complexity index is 1330. The van der Waals surface area contributed by atoms with E-state index in [2.05, 4.69) is 28.2 Å². The standard InChI is InChI=1S/C24H19N3O/c28-24-21-16-25-12-10-18(21)14-23(17-6-2-1-3-7-17)27(24)13-11-19-15-26-22-9-5-4-8-20(19)22/h1-10,12,14-16,26H,11,13H2. The van der Waals surface area contributed by atoms with Crippen molar-refractivity contribution in [1.29, 1.82) is 0 Å². The Morgan fingerprint density at radius 2 is 1.75 bits per heavy atom. The molecule has 0 saturated carbocycles. The molecule has 0 radical (unpaired) electrons. The molecule has 0 amide bonds. The maximum atomic E-state index is 13.3. The summed E-state index contributed by atoms with van der Waals surface area (Å²) in [6.45, 7) is 0.607. The molecule has 3 aromatic heterocycles. The van der Waals surface area contributed by atoms with Crippen molar-refractivity contribution in [1.82, 2.24) is 14.5 Å². The number of para-hydroxylation sites is 1. The third kappa shape index (κ3) is 2.79. The highest BCUT2D eigenvalue weighted by Crippen LogP contribution is 2.23. The van der Waals surface area contributed by atoms with Crippen LogP contribution in [0.25, 0.3) is 32.9 Å². The zero-order chi connectivity index (χ0) is 18.9. The molecular weight excluding hydrogens is 346 g/mol. The van der Waals surface area contributed by atoms with E-state index in [0.717, 1.165) is 28.6 Å². The van der Waals surface area contributed by atoms with E-state index in [1.54, 1.807) is 12.4 Å². The Kier molecular flexibility index (Phi) is 4.02. The molecule has 0 aliphatic rings. The van der Waals surface area contributed by atoms with Crippen LogP contribution in [0.3, 0.4) is 0 Å². The first kappa shape index (κ1) is 16.5. The van der Waals surface area contributed by atoms with E-state index in [1.807, 2.05) is 59.3 Å². The molecule has 5 rings (SSSR count). The molecule has 0 fully saturated rings. The first-order valence-corrected chi connectivity index (χ1v) is 9.39. The molecule has 3 heterocycles. The topological polar surface area (TPSA) is 50.7 Å². The van der Waals surface area contributed by atoms with E-state index in [-0.39, 0.29) is 5.56 Å². The molecule has 0 bridgehead atoms. The Morgan fingerprint density at radius 1 is 0.929 bits per heavy atom. The molecule has 4 nitrogen and oxygen atoms in total. The lowest BCUT2D eigenvalue weighted by atomic mass is 10.1. The van der Waals surface area contributed by atoms with Crippen LogP contribution in [-0.2, 0) is 13.0 Å². The normalized spacial score (nSPS) is 11.3. The summed E-state index contributed by atoms with van der Waals surface area (Å²) in [6.07, 6.45) is 6.21. The van der Waals surface area contributed by atoms with Gasteiger partial charge in [-0.15, -0.1) is 0 Å². The van der Waals surface area contributed by atoms with Crippen LogP contribution in [0.5, 0.6) is 0 Å². The molecular formula is C24H19N3O. The third-order valence-corrected chi connectivity index (χ3v) is 5.26. The Balaban J connectivity index is 1.63. The number of benzene rings is 2. The van der Waals surface area contributed by atoms with Crippen molar-refractivity contribution >= 4 is 21.7 Å². The molecule has 5 aromatic rings. The Hall–Kier alpha value is -3.66. The van der Waals surface area contributed by atoms with Crippen molar-refractivity contribution in [2.24, 2.45) is 0 Å². The Labute approximate surface area is 162 Å². The minimum atomic E-state index is 0.00398. The molecule has 28 heavy (non-hydrogen) atoms. The van der Waals surface area contributed by atoms with Gasteiger partial charge in [0.05, 0.1) is 11.1 Å². The summed E-state index contributed by atoms with van der Waals surface area (Å²) in [4.78, 5) is 20.7. The van der Waals surface area contributed by atoms with E-state index in [0.29, 0.717) is 11.9 Å². The van der Waals surface area contributed by atoms with Gasteiger partial charge in [0.2, 0.25) is 0 Å². The van der Waals surface area contributed by atoms with Crippen molar-refractivity contribution in [3.63, 3.8) is 0 Å². The van der Waals surface area contributed by atoms with E-state index in [9.17, 15) is 4.79 Å². The first-order valence-electron chi connectivity index (χ1n) is 9.39. The lowest BCUT2D eigenvalue weighted by Crippen LogP contribution is -2.23. The van der Waals surface area contributed by atoms with Crippen LogP contribution < -0.4 is 5.56 Å². The van der Waals surface area contributed by atoms with E-state index < -0.39 is 0 Å². The largest absolute Gasteiger partial charge is 0.361 e. The average Bonchev–Trinajstić information content (AvgIpc) is 3.17. The summed E-state index contributed by atoms with van der Waals surface area (Å²) in [6, 6.07) is 22.3. The van der Waals surface area contributed by atoms with Gasteiger partial charge in [-0.05, 0) is 41.1 Å². The number of hydrogen-bond donors (Lipinski definition) is 1. The third-order valence-electron chi connectivity index (χ3n) is 5.26. The molecule has 0 spiro atoms. The number of rotatable bonds is 4. The molecule has 1 N–H and O–H groups in total. The second-order valence-electron chi connectivity index (χ2n) is 6.92. The highest BCUT2D eigenvalue weighted by atomic mass is 16.1. The predicted octanol–water partition coefficient (Wildman–Crippen LogP) is 4.79. The number of pyridine rings is 2. The van der Waals surface area contributed by atoms with E-state index in [1.165, 1.54) is 10.9 Å². The van der Waals surface area contributed by atoms with Crippen molar-refractivity contribution in [3.05, 3.63) is 101 Å². The summed E-state index contributed by atoms with van der Waals surface area (Å²) in [5.41, 5.74) is 4.31. The van der Waals surface area contributed by atoms with E-state index >= 15 is 0 Å². The van der Waals surface area contributed by atoms with Crippen LogP contribution in [0.15, 0.2) is 90.1 Å². The molecule has 136 valence electrons. The minimum absolute atomic E-state index is 0.00398. The zero-order valence-corrected chi connectivity index (χ0v) is 15.3. The van der Waals surface area contributed by atoms with Crippen LogP contribution in [0, 0.1) is 0 Å². The summed E-state index contributed by atoms with van der Waals surface area (Å²) < 4.78 is 1.88. The summed E-state index contributed by atoms with van der Waals surface area (Å²) >= 11 is 0. The molecule has 0 unspecified atom stereocenters. The summed E-state index contributed by atoms with van der Waals surface area (Å²) in [7, 11) is 0. The monoisotopic (exact) mass is 365 g/mol. The lowest BCUT2D eigenvalue weighted by molar-refractivity contribution is 0.684. The van der Waals surface area contributed by atoms with E-state index in [4.69, 9.17) is 0 Å². The predicted molar refractivity (Wildman–Crippen MR) is 113 cm³/mol. The smallest absolute Gasteiger partial charge is 0.260 e. The number of aromatic amines is 1. The van der Waals surface area contributed by atoms with Gasteiger partial charge in [-0.1, -0.05) is 48.5 Å². The highest BCUT2D eigenvalue weighted by Gasteiger charge is 2.12. The fraction of sp³-hybridized carbons (Fsp3) is 0.0833. The zero-order valence-electron chi connectivity index (χ0n) is 15.3. The van der Waals surface area contributed by atoms with Crippen molar-refractivity contribution in [3.8, 4) is 11.3 Å². The number of hydrogen-bond acceptors (Lipinski definition) is 2. The summed E-state index contributed by atoms with van der Waals surface area (Å²) in [5.74, 6) is 0. The highest BCUT2D eigenvalue weighted by molar-refractivity contribution is 5.85. The second-order valence-corrected chi connectivity index (χ2v) is 6.92. The maximum Gasteiger partial charge on any atom is 0.260 e.